The number of pyridine rings is 1. The predicted molar refractivity (Wildman–Crippen MR) is 151 cm³/mol. The number of halogens is 1. The van der Waals surface area contributed by atoms with Gasteiger partial charge in [-0.05, 0) is 55.5 Å². The molecular weight excluding hydrogens is 550 g/mol. The molecule has 13 nitrogen and oxygen atoms in total. The van der Waals surface area contributed by atoms with Crippen LogP contribution in [0.3, 0.4) is 0 Å². The predicted octanol–water partition coefficient (Wildman–Crippen LogP) is 0.702. The summed E-state index contributed by atoms with van der Waals surface area (Å²) < 4.78 is 1.43. The maximum atomic E-state index is 13.7. The summed E-state index contributed by atoms with van der Waals surface area (Å²) in [5.74, 6) is -1.20. The van der Waals surface area contributed by atoms with Crippen molar-refractivity contribution in [2.24, 2.45) is 11.7 Å². The minimum Gasteiger partial charge on any atom is -0.364 e. The highest BCUT2D eigenvalue weighted by Crippen LogP contribution is 2.43. The van der Waals surface area contributed by atoms with Crippen molar-refractivity contribution < 1.29 is 19.2 Å². The van der Waals surface area contributed by atoms with Crippen LogP contribution >= 0.6 is 11.6 Å². The maximum absolute atomic E-state index is 13.7. The lowest BCUT2D eigenvalue weighted by Crippen LogP contribution is -2.54. The Morgan fingerprint density at radius 3 is 2.68 bits per heavy atom. The zero-order valence-corrected chi connectivity index (χ0v) is 22.9. The number of amides is 4. The molecule has 1 aromatic carbocycles. The first-order valence-electron chi connectivity index (χ1n) is 13.6. The Morgan fingerprint density at radius 2 is 1.93 bits per heavy atom. The molecule has 6 rings (SSSR count). The third-order valence-corrected chi connectivity index (χ3v) is 8.21. The highest BCUT2D eigenvalue weighted by atomic mass is 35.5. The van der Waals surface area contributed by atoms with Gasteiger partial charge in [-0.15, -0.1) is 0 Å². The molecule has 3 aliphatic rings. The molecule has 2 aromatic heterocycles. The van der Waals surface area contributed by atoms with E-state index in [0.717, 1.165) is 25.8 Å². The molecule has 3 aromatic rings. The highest BCUT2D eigenvalue weighted by molar-refractivity contribution is 6.29. The van der Waals surface area contributed by atoms with E-state index in [1.54, 1.807) is 41.3 Å². The molecule has 2 bridgehead atoms. The largest absolute Gasteiger partial charge is 0.364 e. The number of nitrogens with one attached hydrogen (secondary N) is 4. The number of rotatable bonds is 7. The first-order valence-corrected chi connectivity index (χ1v) is 14.0. The summed E-state index contributed by atoms with van der Waals surface area (Å²) in [5, 5.41) is 17.0. The Morgan fingerprint density at radius 1 is 1.07 bits per heavy atom. The number of carbonyl (C=O) groups is 4. The third-order valence-electron chi connectivity index (χ3n) is 8.00. The van der Waals surface area contributed by atoms with E-state index in [9.17, 15) is 19.2 Å². The topological polar surface area (TPSA) is 176 Å². The summed E-state index contributed by atoms with van der Waals surface area (Å²) in [7, 11) is 0. The monoisotopic (exact) mass is 579 g/mol. The molecular formula is C27H30ClN9O4. The molecule has 4 amide bonds. The van der Waals surface area contributed by atoms with Gasteiger partial charge in [-0.3, -0.25) is 23.9 Å². The summed E-state index contributed by atoms with van der Waals surface area (Å²) in [4.78, 5) is 57.7. The second-order valence-corrected chi connectivity index (χ2v) is 11.0. The fourth-order valence-electron chi connectivity index (χ4n) is 6.20. The summed E-state index contributed by atoms with van der Waals surface area (Å²) in [6, 6.07) is 8.86. The zero-order chi connectivity index (χ0) is 28.7. The lowest BCUT2D eigenvalue weighted by molar-refractivity contribution is -0.141. The zero-order valence-electron chi connectivity index (χ0n) is 22.1. The summed E-state index contributed by atoms with van der Waals surface area (Å²) in [6.45, 7) is 1.80. The average Bonchev–Trinajstić information content (AvgIpc) is 3.67. The van der Waals surface area contributed by atoms with E-state index in [2.05, 4.69) is 31.3 Å². The van der Waals surface area contributed by atoms with E-state index in [4.69, 9.17) is 17.3 Å². The van der Waals surface area contributed by atoms with Crippen LogP contribution in [0.5, 0.6) is 0 Å². The van der Waals surface area contributed by atoms with Gasteiger partial charge >= 0.3 is 0 Å². The number of benzene rings is 1. The van der Waals surface area contributed by atoms with Crippen LogP contribution in [0.25, 0.3) is 10.9 Å². The second-order valence-electron chi connectivity index (χ2n) is 10.6. The fourth-order valence-corrected chi connectivity index (χ4v) is 6.36. The molecule has 4 atom stereocenters. The van der Waals surface area contributed by atoms with Gasteiger partial charge in [-0.2, -0.15) is 5.10 Å². The molecule has 6 N–H and O–H groups in total. The van der Waals surface area contributed by atoms with E-state index >= 15 is 0 Å². The number of piperazine rings is 1. The highest BCUT2D eigenvalue weighted by Gasteiger charge is 2.51. The number of primary amides is 1. The quantitative estimate of drug-likeness (QED) is 0.254. The first kappa shape index (κ1) is 27.1. The SMILES string of the molecule is NC(=O)c1nn(CC(=O)N2[C@@H]3CC[C@@H](C3)[C@H]2C(=O)Nc2cccc(Cl)n2)c2ccc(NC(=O)C3CNCCN3)cc12. The van der Waals surface area contributed by atoms with Crippen LogP contribution < -0.4 is 27.0 Å². The molecule has 1 aliphatic carbocycles. The number of hydrogen-bond donors (Lipinski definition) is 5. The van der Waals surface area contributed by atoms with Crippen molar-refractivity contribution in [1.82, 2.24) is 30.3 Å². The van der Waals surface area contributed by atoms with Crippen molar-refractivity contribution in [3.63, 3.8) is 0 Å². The molecule has 2 saturated heterocycles. The van der Waals surface area contributed by atoms with Gasteiger partial charge in [0.1, 0.15) is 23.6 Å². The molecule has 3 fully saturated rings. The van der Waals surface area contributed by atoms with E-state index < -0.39 is 11.9 Å². The number of anilines is 2. The van der Waals surface area contributed by atoms with Crippen LogP contribution in [-0.2, 0) is 20.9 Å². The number of fused-ring (bicyclic) bond motifs is 3. The second kappa shape index (κ2) is 11.1. The van der Waals surface area contributed by atoms with Crippen LogP contribution in [0.2, 0.25) is 5.15 Å². The van der Waals surface area contributed by atoms with Crippen molar-refractivity contribution in [3.05, 3.63) is 47.2 Å². The molecule has 0 spiro atoms. The van der Waals surface area contributed by atoms with Crippen LogP contribution in [0.1, 0.15) is 29.8 Å². The average molecular weight is 580 g/mol. The summed E-state index contributed by atoms with van der Waals surface area (Å²) in [6.07, 6.45) is 2.41. The minimum atomic E-state index is -0.755. The van der Waals surface area contributed by atoms with Gasteiger partial charge in [0.2, 0.25) is 17.7 Å². The van der Waals surface area contributed by atoms with E-state index in [1.807, 2.05) is 0 Å². The molecule has 0 radical (unpaired) electrons. The van der Waals surface area contributed by atoms with Gasteiger partial charge in [-0.25, -0.2) is 4.98 Å². The van der Waals surface area contributed by atoms with E-state index in [-0.39, 0.29) is 53.1 Å². The number of likely N-dealkylation sites (tertiary alicyclic amines) is 1. The van der Waals surface area contributed by atoms with Crippen molar-refractivity contribution in [2.45, 2.75) is 43.9 Å². The smallest absolute Gasteiger partial charge is 0.269 e. The summed E-state index contributed by atoms with van der Waals surface area (Å²) in [5.41, 5.74) is 6.61. The number of nitrogens with zero attached hydrogens (tertiary/aromatic N) is 4. The Balaban J connectivity index is 1.22. The Labute approximate surface area is 240 Å². The minimum absolute atomic E-state index is 0.00868. The van der Waals surface area contributed by atoms with Gasteiger partial charge < -0.3 is 31.9 Å². The third kappa shape index (κ3) is 5.35. The van der Waals surface area contributed by atoms with Crippen LogP contribution in [0.15, 0.2) is 36.4 Å². The molecule has 41 heavy (non-hydrogen) atoms. The molecule has 14 heteroatoms. The van der Waals surface area contributed by atoms with Crippen molar-refractivity contribution in [2.75, 3.05) is 30.3 Å². The Bertz CT molecular complexity index is 1540. The first-order chi connectivity index (χ1) is 19.8. The van der Waals surface area contributed by atoms with Crippen LogP contribution in [0, 0.1) is 5.92 Å². The Kier molecular flexibility index (Phi) is 7.32. The number of carbonyl (C=O) groups excluding carboxylic acids is 4. The van der Waals surface area contributed by atoms with E-state index in [1.165, 1.54) is 4.68 Å². The van der Waals surface area contributed by atoms with Gasteiger partial charge in [0, 0.05) is 36.7 Å². The molecule has 2 aliphatic heterocycles. The molecule has 4 heterocycles. The van der Waals surface area contributed by atoms with Gasteiger partial charge in [0.25, 0.3) is 5.91 Å². The standard InChI is InChI=1S/C27H30ClN9O4/c28-20-2-1-3-21(33-20)34-27(41)24-14-4-6-16(10-14)37(24)22(38)13-36-19-7-5-15(11-17(19)23(35-36)25(29)39)32-26(40)18-12-30-8-9-31-18/h1-3,5,7,11,14,16,18,24,30-31H,4,6,8-10,12-13H2,(H2,29,39)(H,32,40)(H,33,34,41)/t14-,16+,18?,24-/m0/s1. The van der Waals surface area contributed by atoms with Crippen molar-refractivity contribution in [1.29, 1.82) is 0 Å². The number of piperidine rings is 1. The summed E-state index contributed by atoms with van der Waals surface area (Å²) >= 11 is 5.97. The van der Waals surface area contributed by atoms with E-state index in [0.29, 0.717) is 35.5 Å². The van der Waals surface area contributed by atoms with Crippen molar-refractivity contribution in [3.8, 4) is 0 Å². The molecule has 1 saturated carbocycles. The number of nitrogens with two attached hydrogens (primary N) is 1. The lowest BCUT2D eigenvalue weighted by atomic mass is 9.97. The number of aromatic nitrogens is 3. The van der Waals surface area contributed by atoms with Gasteiger partial charge in [0.05, 0.1) is 11.6 Å². The fraction of sp³-hybridized carbons (Fsp3) is 0.407. The molecule has 214 valence electrons. The molecule has 1 unspecified atom stereocenters. The van der Waals surface area contributed by atoms with Gasteiger partial charge in [0.15, 0.2) is 5.69 Å². The lowest BCUT2D eigenvalue weighted by Gasteiger charge is -2.34. The van der Waals surface area contributed by atoms with Crippen molar-refractivity contribution >= 4 is 57.6 Å². The maximum Gasteiger partial charge on any atom is 0.269 e. The van der Waals surface area contributed by atoms with Crippen LogP contribution in [-0.4, -0.2) is 81.1 Å². The Hall–Kier alpha value is -4.07. The number of hydrogen-bond acceptors (Lipinski definition) is 8. The van der Waals surface area contributed by atoms with Crippen LogP contribution in [0.4, 0.5) is 11.5 Å². The van der Waals surface area contributed by atoms with Gasteiger partial charge in [-0.1, -0.05) is 17.7 Å². The normalized spacial score (nSPS) is 23.5.